The van der Waals surface area contributed by atoms with Gasteiger partial charge in [0, 0.05) is 12.5 Å². The monoisotopic (exact) mass is 593 g/mol. The van der Waals surface area contributed by atoms with Gasteiger partial charge in [-0.15, -0.1) is 0 Å². The standard InChI is InChI=1S/C28H44ClN5O5Si/c1-17-18(15-37-21-12-10-11-13-36-21)20(39-40(8,9)28(5,6)7)14-19(17)34-16-30-22-23(29)31-25(32-24(22)34)33-26(35)38-27(2,3)4/h16,18-21H,1,10-15H2,2-9H3,(H,31,32,33,35)/t18-,19-,20-,21?/m0/s1. The predicted molar refractivity (Wildman–Crippen MR) is 158 cm³/mol. The van der Waals surface area contributed by atoms with E-state index in [1.54, 1.807) is 27.1 Å². The molecule has 10 nitrogen and oxygen atoms in total. The first-order chi connectivity index (χ1) is 18.6. The minimum Gasteiger partial charge on any atom is -0.444 e. The van der Waals surface area contributed by atoms with Crippen LogP contribution < -0.4 is 5.32 Å². The van der Waals surface area contributed by atoms with Crippen LogP contribution in [-0.2, 0) is 18.6 Å². The molecular weight excluding hydrogens is 550 g/mol. The third-order valence-electron chi connectivity index (χ3n) is 7.99. The van der Waals surface area contributed by atoms with Crippen molar-refractivity contribution in [3.05, 3.63) is 23.6 Å². The van der Waals surface area contributed by atoms with Crippen LogP contribution >= 0.6 is 11.6 Å². The van der Waals surface area contributed by atoms with E-state index in [0.717, 1.165) is 31.4 Å². The third kappa shape index (κ3) is 7.04. The van der Waals surface area contributed by atoms with Crippen LogP contribution in [-0.4, -0.2) is 65.1 Å². The molecule has 1 amide bonds. The smallest absolute Gasteiger partial charge is 0.414 e. The van der Waals surface area contributed by atoms with Gasteiger partial charge in [0.2, 0.25) is 5.95 Å². The van der Waals surface area contributed by atoms with Gasteiger partial charge in [-0.1, -0.05) is 39.0 Å². The average molecular weight is 594 g/mol. The predicted octanol–water partition coefficient (Wildman–Crippen LogP) is 6.88. The molecule has 1 unspecified atom stereocenters. The van der Waals surface area contributed by atoms with Crippen molar-refractivity contribution in [1.29, 1.82) is 0 Å². The Labute approximate surface area is 243 Å². The number of carbonyl (C=O) groups is 1. The summed E-state index contributed by atoms with van der Waals surface area (Å²) in [5.74, 6) is 0.0132. The quantitative estimate of drug-likeness (QED) is 0.210. The van der Waals surface area contributed by atoms with Crippen molar-refractivity contribution in [2.45, 2.75) is 109 Å². The molecule has 2 aromatic rings. The zero-order valence-electron chi connectivity index (χ0n) is 25.0. The first-order valence-electron chi connectivity index (χ1n) is 14.1. The van der Waals surface area contributed by atoms with Crippen LogP contribution in [0.25, 0.3) is 11.2 Å². The zero-order chi connectivity index (χ0) is 29.5. The summed E-state index contributed by atoms with van der Waals surface area (Å²) >= 11 is 6.47. The van der Waals surface area contributed by atoms with Crippen molar-refractivity contribution >= 4 is 43.1 Å². The number of anilines is 1. The molecule has 1 saturated heterocycles. The summed E-state index contributed by atoms with van der Waals surface area (Å²) in [5.41, 5.74) is 1.26. The summed E-state index contributed by atoms with van der Waals surface area (Å²) in [4.78, 5) is 25.7. The Kier molecular flexibility index (Phi) is 9.02. The number of hydrogen-bond donors (Lipinski definition) is 1. The van der Waals surface area contributed by atoms with E-state index >= 15 is 0 Å². The summed E-state index contributed by atoms with van der Waals surface area (Å²) in [6, 6.07) is -0.152. The molecule has 1 aliphatic heterocycles. The summed E-state index contributed by atoms with van der Waals surface area (Å²) in [6.45, 7) is 22.3. The van der Waals surface area contributed by atoms with E-state index in [9.17, 15) is 4.79 Å². The maximum atomic E-state index is 12.4. The lowest BCUT2D eigenvalue weighted by Crippen LogP contribution is -2.45. The van der Waals surface area contributed by atoms with Gasteiger partial charge in [0.05, 0.1) is 25.1 Å². The summed E-state index contributed by atoms with van der Waals surface area (Å²) in [5, 5.41) is 2.78. The van der Waals surface area contributed by atoms with Gasteiger partial charge >= 0.3 is 6.09 Å². The number of fused-ring (bicyclic) bond motifs is 1. The third-order valence-corrected chi connectivity index (χ3v) is 12.8. The molecule has 0 aromatic carbocycles. The Morgan fingerprint density at radius 3 is 2.58 bits per heavy atom. The number of carbonyl (C=O) groups excluding carboxylic acids is 1. The maximum absolute atomic E-state index is 12.4. The number of nitrogens with one attached hydrogen (secondary N) is 1. The first kappa shape index (κ1) is 30.9. The van der Waals surface area contributed by atoms with Crippen molar-refractivity contribution < 1.29 is 23.4 Å². The van der Waals surface area contributed by atoms with Gasteiger partial charge < -0.3 is 23.2 Å². The molecule has 1 saturated carbocycles. The number of imidazole rings is 1. The van der Waals surface area contributed by atoms with Crippen molar-refractivity contribution in [3.8, 4) is 0 Å². The molecule has 0 bridgehead atoms. The number of ether oxygens (including phenoxy) is 3. The van der Waals surface area contributed by atoms with Crippen molar-refractivity contribution in [2.24, 2.45) is 5.92 Å². The second-order valence-electron chi connectivity index (χ2n) is 13.3. The molecule has 2 fully saturated rings. The van der Waals surface area contributed by atoms with Crippen LogP contribution in [0.2, 0.25) is 23.3 Å². The van der Waals surface area contributed by atoms with E-state index in [0.29, 0.717) is 24.2 Å². The van der Waals surface area contributed by atoms with Crippen LogP contribution in [0, 0.1) is 5.92 Å². The summed E-state index contributed by atoms with van der Waals surface area (Å²) < 4.78 is 26.4. The highest BCUT2D eigenvalue weighted by Gasteiger charge is 2.46. The molecule has 4 rings (SSSR count). The molecule has 2 aliphatic rings. The molecule has 1 N–H and O–H groups in total. The normalized spacial score (nSPS) is 24.5. The molecule has 0 spiro atoms. The fourth-order valence-electron chi connectivity index (χ4n) is 4.83. The number of halogens is 1. The molecule has 3 heterocycles. The van der Waals surface area contributed by atoms with Gasteiger partial charge in [-0.2, -0.15) is 9.97 Å². The van der Waals surface area contributed by atoms with E-state index in [-0.39, 0.29) is 40.5 Å². The highest BCUT2D eigenvalue weighted by Crippen LogP contribution is 2.46. The van der Waals surface area contributed by atoms with Crippen LogP contribution in [0.1, 0.15) is 73.3 Å². The zero-order valence-corrected chi connectivity index (χ0v) is 26.8. The topological polar surface area (TPSA) is 110 Å². The van der Waals surface area contributed by atoms with Crippen molar-refractivity contribution in [1.82, 2.24) is 19.5 Å². The highest BCUT2D eigenvalue weighted by atomic mass is 35.5. The van der Waals surface area contributed by atoms with Gasteiger partial charge in [-0.05, 0) is 70.2 Å². The largest absolute Gasteiger partial charge is 0.444 e. The van der Waals surface area contributed by atoms with Crippen molar-refractivity contribution in [3.63, 3.8) is 0 Å². The highest BCUT2D eigenvalue weighted by molar-refractivity contribution is 6.74. The van der Waals surface area contributed by atoms with E-state index < -0.39 is 20.0 Å². The lowest BCUT2D eigenvalue weighted by Gasteiger charge is -2.40. The fraction of sp³-hybridized carbons (Fsp3) is 0.714. The van der Waals surface area contributed by atoms with Gasteiger partial charge in [-0.25, -0.2) is 9.78 Å². The second-order valence-corrected chi connectivity index (χ2v) is 18.4. The SMILES string of the molecule is C=C1[C@H](COC2CCCCO2)[C@@H](O[Si](C)(C)C(C)(C)C)C[C@@H]1n1cnc2c(Cl)nc(NC(=O)OC(C)(C)C)nc21. The number of nitrogens with zero attached hydrogens (tertiary/aromatic N) is 4. The number of aromatic nitrogens is 4. The second kappa shape index (κ2) is 11.7. The lowest BCUT2D eigenvalue weighted by molar-refractivity contribution is -0.170. The van der Waals surface area contributed by atoms with Crippen LogP contribution in [0.4, 0.5) is 10.7 Å². The Morgan fingerprint density at radius 1 is 1.23 bits per heavy atom. The molecular formula is C28H44ClN5O5Si. The minimum atomic E-state index is -2.09. The first-order valence-corrected chi connectivity index (χ1v) is 17.3. The maximum Gasteiger partial charge on any atom is 0.414 e. The number of rotatable bonds is 7. The van der Waals surface area contributed by atoms with E-state index in [2.05, 4.69) is 60.7 Å². The molecule has 0 radical (unpaired) electrons. The van der Waals surface area contributed by atoms with Crippen LogP contribution in [0.15, 0.2) is 18.5 Å². The van der Waals surface area contributed by atoms with Gasteiger partial charge in [-0.3, -0.25) is 5.32 Å². The number of amides is 1. The van der Waals surface area contributed by atoms with E-state index in [1.807, 2.05) is 4.57 Å². The Balaban J connectivity index is 1.62. The summed E-state index contributed by atoms with van der Waals surface area (Å²) in [6.07, 6.45) is 4.51. The number of hydrogen-bond acceptors (Lipinski definition) is 8. The molecule has 1 aliphatic carbocycles. The van der Waals surface area contributed by atoms with Crippen molar-refractivity contribution in [2.75, 3.05) is 18.5 Å². The van der Waals surface area contributed by atoms with Gasteiger partial charge in [0.15, 0.2) is 25.4 Å². The molecule has 2 aromatic heterocycles. The van der Waals surface area contributed by atoms with E-state index in [4.69, 9.17) is 30.2 Å². The minimum absolute atomic E-state index is 0.0289. The summed E-state index contributed by atoms with van der Waals surface area (Å²) in [7, 11) is -2.09. The van der Waals surface area contributed by atoms with Gasteiger partial charge in [0.1, 0.15) is 11.1 Å². The van der Waals surface area contributed by atoms with E-state index in [1.165, 1.54) is 0 Å². The molecule has 4 atom stereocenters. The average Bonchev–Trinajstić information content (AvgIpc) is 3.37. The fourth-order valence-corrected chi connectivity index (χ4v) is 6.41. The van der Waals surface area contributed by atoms with Crippen LogP contribution in [0.5, 0.6) is 0 Å². The molecule has 40 heavy (non-hydrogen) atoms. The molecule has 12 heteroatoms. The Morgan fingerprint density at radius 2 is 1.95 bits per heavy atom. The Hall–Kier alpha value is -2.05. The lowest BCUT2D eigenvalue weighted by atomic mass is 10.0. The molecule has 222 valence electrons. The van der Waals surface area contributed by atoms with Crippen LogP contribution in [0.3, 0.4) is 0 Å². The van der Waals surface area contributed by atoms with Gasteiger partial charge in [0.25, 0.3) is 0 Å². The Bertz CT molecular complexity index is 1230.